The molecule has 0 aromatic heterocycles. The molecule has 0 saturated heterocycles. The number of carboxylic acids is 1. The normalized spacial score (nSPS) is 11.8. The molecule has 5 nitrogen and oxygen atoms in total. The van der Waals surface area contributed by atoms with E-state index in [1.807, 2.05) is 6.92 Å². The van der Waals surface area contributed by atoms with Crippen molar-refractivity contribution in [2.75, 3.05) is 6.54 Å². The van der Waals surface area contributed by atoms with E-state index in [4.69, 9.17) is 5.11 Å². The minimum atomic E-state index is -3.51. The van der Waals surface area contributed by atoms with Crippen molar-refractivity contribution in [2.45, 2.75) is 18.2 Å². The molecule has 0 heterocycles. The topological polar surface area (TPSA) is 83.5 Å². The van der Waals surface area contributed by atoms with Crippen molar-refractivity contribution in [3.63, 3.8) is 0 Å². The van der Waals surface area contributed by atoms with E-state index in [1.165, 1.54) is 18.2 Å². The first kappa shape index (κ1) is 14.4. The van der Waals surface area contributed by atoms with Crippen LogP contribution in [0.1, 0.15) is 18.9 Å². The quantitative estimate of drug-likeness (QED) is 0.766. The first-order valence-corrected chi connectivity index (χ1v) is 6.95. The van der Waals surface area contributed by atoms with Crippen LogP contribution in [0.5, 0.6) is 0 Å². The van der Waals surface area contributed by atoms with Crippen LogP contribution in [-0.4, -0.2) is 26.0 Å². The average Bonchev–Trinajstić information content (AvgIpc) is 2.34. The van der Waals surface area contributed by atoms with Crippen molar-refractivity contribution in [3.05, 3.63) is 35.9 Å². The number of rotatable bonds is 6. The lowest BCUT2D eigenvalue weighted by Crippen LogP contribution is -2.24. The first-order valence-electron chi connectivity index (χ1n) is 5.46. The Balaban J connectivity index is 2.98. The van der Waals surface area contributed by atoms with E-state index in [0.29, 0.717) is 18.5 Å². The summed E-state index contributed by atoms with van der Waals surface area (Å²) in [5, 5.41) is 8.50. The summed E-state index contributed by atoms with van der Waals surface area (Å²) >= 11 is 0. The second-order valence-corrected chi connectivity index (χ2v) is 5.41. The van der Waals surface area contributed by atoms with Crippen LogP contribution in [0.4, 0.5) is 0 Å². The SMILES string of the molecule is CCCNS(=O)(=O)c1cccc(/C=C/C(=O)O)c1. The molecule has 0 bridgehead atoms. The van der Waals surface area contributed by atoms with Gasteiger partial charge < -0.3 is 5.11 Å². The maximum Gasteiger partial charge on any atom is 0.328 e. The Morgan fingerprint density at radius 2 is 2.17 bits per heavy atom. The summed E-state index contributed by atoms with van der Waals surface area (Å²) in [6.07, 6.45) is 3.02. The zero-order chi connectivity index (χ0) is 13.6. The highest BCUT2D eigenvalue weighted by atomic mass is 32.2. The summed E-state index contributed by atoms with van der Waals surface area (Å²) in [6.45, 7) is 2.24. The third kappa shape index (κ3) is 4.31. The van der Waals surface area contributed by atoms with Crippen molar-refractivity contribution in [3.8, 4) is 0 Å². The molecule has 0 amide bonds. The van der Waals surface area contributed by atoms with Gasteiger partial charge in [-0.3, -0.25) is 0 Å². The number of nitrogens with one attached hydrogen (secondary N) is 1. The van der Waals surface area contributed by atoms with Gasteiger partial charge in [-0.25, -0.2) is 17.9 Å². The van der Waals surface area contributed by atoms with Gasteiger partial charge in [0.25, 0.3) is 0 Å². The third-order valence-electron chi connectivity index (χ3n) is 2.13. The fourth-order valence-electron chi connectivity index (χ4n) is 1.27. The molecule has 0 aliphatic carbocycles. The van der Waals surface area contributed by atoms with Gasteiger partial charge in [-0.15, -0.1) is 0 Å². The molecule has 0 fully saturated rings. The molecule has 0 spiro atoms. The molecule has 0 radical (unpaired) electrons. The van der Waals surface area contributed by atoms with Gasteiger partial charge in [0.2, 0.25) is 10.0 Å². The van der Waals surface area contributed by atoms with E-state index in [1.54, 1.807) is 12.1 Å². The third-order valence-corrected chi connectivity index (χ3v) is 3.59. The summed E-state index contributed by atoms with van der Waals surface area (Å²) in [5.41, 5.74) is 0.525. The maximum absolute atomic E-state index is 11.8. The number of carboxylic acid groups (broad SMARTS) is 1. The predicted octanol–water partition coefficient (Wildman–Crippen LogP) is 1.47. The summed E-state index contributed by atoms with van der Waals surface area (Å²) in [7, 11) is -3.51. The van der Waals surface area contributed by atoms with Gasteiger partial charge in [-0.2, -0.15) is 0 Å². The molecule has 1 aromatic rings. The number of aliphatic carboxylic acids is 1. The smallest absolute Gasteiger partial charge is 0.328 e. The Kier molecular flexibility index (Phi) is 5.06. The molecule has 98 valence electrons. The second-order valence-electron chi connectivity index (χ2n) is 3.64. The minimum absolute atomic E-state index is 0.128. The second kappa shape index (κ2) is 6.32. The number of carbonyl (C=O) groups is 1. The summed E-state index contributed by atoms with van der Waals surface area (Å²) in [5.74, 6) is -1.08. The maximum atomic E-state index is 11.8. The Labute approximate surface area is 106 Å². The molecule has 0 aliphatic heterocycles. The molecular formula is C12H15NO4S. The van der Waals surface area contributed by atoms with Crippen LogP contribution in [-0.2, 0) is 14.8 Å². The van der Waals surface area contributed by atoms with Gasteiger partial charge in [0.1, 0.15) is 0 Å². The molecule has 0 atom stereocenters. The Morgan fingerprint density at radius 1 is 1.44 bits per heavy atom. The zero-order valence-electron chi connectivity index (χ0n) is 9.96. The Hall–Kier alpha value is -1.66. The monoisotopic (exact) mass is 269 g/mol. The van der Waals surface area contributed by atoms with Crippen molar-refractivity contribution in [1.82, 2.24) is 4.72 Å². The van der Waals surface area contributed by atoms with E-state index >= 15 is 0 Å². The van der Waals surface area contributed by atoms with Crippen LogP contribution in [0, 0.1) is 0 Å². The van der Waals surface area contributed by atoms with Crippen molar-refractivity contribution in [2.24, 2.45) is 0 Å². The molecule has 2 N–H and O–H groups in total. The molecule has 6 heteroatoms. The van der Waals surface area contributed by atoms with Gasteiger partial charge in [-0.05, 0) is 30.2 Å². The van der Waals surface area contributed by atoms with Crippen molar-refractivity contribution >= 4 is 22.1 Å². The Bertz CT molecular complexity index is 549. The molecule has 1 aromatic carbocycles. The zero-order valence-corrected chi connectivity index (χ0v) is 10.8. The van der Waals surface area contributed by atoms with Crippen LogP contribution in [0.25, 0.3) is 6.08 Å². The highest BCUT2D eigenvalue weighted by molar-refractivity contribution is 7.89. The average molecular weight is 269 g/mol. The number of hydrogen-bond acceptors (Lipinski definition) is 3. The highest BCUT2D eigenvalue weighted by Crippen LogP contribution is 2.12. The largest absolute Gasteiger partial charge is 0.478 e. The first-order chi connectivity index (χ1) is 8.45. The van der Waals surface area contributed by atoms with Gasteiger partial charge in [0.15, 0.2) is 0 Å². The molecular weight excluding hydrogens is 254 g/mol. The van der Waals surface area contributed by atoms with Crippen molar-refractivity contribution in [1.29, 1.82) is 0 Å². The minimum Gasteiger partial charge on any atom is -0.478 e. The van der Waals surface area contributed by atoms with Crippen molar-refractivity contribution < 1.29 is 18.3 Å². The van der Waals surface area contributed by atoms with E-state index in [-0.39, 0.29) is 4.90 Å². The van der Waals surface area contributed by atoms with E-state index in [0.717, 1.165) is 6.08 Å². The van der Waals surface area contributed by atoms with Crippen LogP contribution in [0.15, 0.2) is 35.2 Å². The summed E-state index contributed by atoms with van der Waals surface area (Å²) in [6, 6.07) is 6.11. The highest BCUT2D eigenvalue weighted by Gasteiger charge is 2.12. The standard InChI is InChI=1S/C12H15NO4S/c1-2-8-13-18(16,17)11-5-3-4-10(9-11)6-7-12(14)15/h3-7,9,13H,2,8H2,1H3,(H,14,15)/b7-6+. The fourth-order valence-corrected chi connectivity index (χ4v) is 2.46. The molecule has 18 heavy (non-hydrogen) atoms. The van der Waals surface area contributed by atoms with Gasteiger partial charge in [-0.1, -0.05) is 19.1 Å². The van der Waals surface area contributed by atoms with E-state index in [9.17, 15) is 13.2 Å². The summed E-state index contributed by atoms with van der Waals surface area (Å²) < 4.78 is 26.1. The molecule has 0 unspecified atom stereocenters. The van der Waals surface area contributed by atoms with Crippen LogP contribution < -0.4 is 4.72 Å². The predicted molar refractivity (Wildman–Crippen MR) is 68.6 cm³/mol. The lowest BCUT2D eigenvalue weighted by atomic mass is 10.2. The van der Waals surface area contributed by atoms with Gasteiger partial charge >= 0.3 is 5.97 Å². The number of benzene rings is 1. The lowest BCUT2D eigenvalue weighted by molar-refractivity contribution is -0.131. The molecule has 1 rings (SSSR count). The lowest BCUT2D eigenvalue weighted by Gasteiger charge is -2.05. The van der Waals surface area contributed by atoms with E-state index in [2.05, 4.69) is 4.72 Å². The van der Waals surface area contributed by atoms with Gasteiger partial charge in [0, 0.05) is 12.6 Å². The summed E-state index contributed by atoms with van der Waals surface area (Å²) in [4.78, 5) is 10.5. The number of sulfonamides is 1. The molecule has 0 saturated carbocycles. The van der Waals surface area contributed by atoms with Crippen LogP contribution in [0.3, 0.4) is 0 Å². The number of hydrogen-bond donors (Lipinski definition) is 2. The Morgan fingerprint density at radius 3 is 2.78 bits per heavy atom. The molecule has 0 aliphatic rings. The van der Waals surface area contributed by atoms with Crippen LogP contribution in [0.2, 0.25) is 0 Å². The van der Waals surface area contributed by atoms with Crippen LogP contribution >= 0.6 is 0 Å². The van der Waals surface area contributed by atoms with E-state index < -0.39 is 16.0 Å². The fraction of sp³-hybridized carbons (Fsp3) is 0.250. The van der Waals surface area contributed by atoms with Gasteiger partial charge in [0.05, 0.1) is 4.90 Å².